The second kappa shape index (κ2) is 12.5. The lowest BCUT2D eigenvalue weighted by atomic mass is 9.94. The zero-order valence-electron chi connectivity index (χ0n) is 14.3. The van der Waals surface area contributed by atoms with Crippen molar-refractivity contribution < 1.29 is 26.7 Å². The quantitative estimate of drug-likeness (QED) is 0.231. The van der Waals surface area contributed by atoms with Crippen molar-refractivity contribution in [2.45, 2.75) is 84.2 Å². The summed E-state index contributed by atoms with van der Waals surface area (Å²) >= 11 is 0. The Balaban J connectivity index is 0. The van der Waals surface area contributed by atoms with E-state index in [-0.39, 0.29) is 18.6 Å². The average molecular weight is 344 g/mol. The van der Waals surface area contributed by atoms with Gasteiger partial charge in [0.05, 0.1) is 0 Å². The smallest absolute Gasteiger partial charge is 0.299 e. The van der Waals surface area contributed by atoms with E-state index in [1.807, 2.05) is 13.8 Å². The number of hydrogen-bond acceptors (Lipinski definition) is 1. The van der Waals surface area contributed by atoms with Crippen molar-refractivity contribution in [3.8, 4) is 0 Å². The van der Waals surface area contributed by atoms with E-state index in [1.165, 1.54) is 0 Å². The van der Waals surface area contributed by atoms with E-state index in [9.17, 15) is 26.7 Å². The zero-order chi connectivity index (χ0) is 18.5. The maximum absolute atomic E-state index is 12.7. The number of Topliss-reactive ketones (excluding diaryl/α,β-unsaturated/α-hetero) is 1. The summed E-state index contributed by atoms with van der Waals surface area (Å²) < 4.78 is 61.3. The SMILES string of the molecule is C=CCCCCCC(=O)C(C)CCCC(F)(F)C(F)(F)F.CC. The van der Waals surface area contributed by atoms with Gasteiger partial charge in [0.2, 0.25) is 0 Å². The van der Waals surface area contributed by atoms with Crippen molar-refractivity contribution in [3.05, 3.63) is 12.7 Å². The van der Waals surface area contributed by atoms with E-state index in [4.69, 9.17) is 0 Å². The van der Waals surface area contributed by atoms with Crippen LogP contribution < -0.4 is 0 Å². The maximum atomic E-state index is 12.7. The van der Waals surface area contributed by atoms with Gasteiger partial charge < -0.3 is 0 Å². The summed E-state index contributed by atoms with van der Waals surface area (Å²) in [6.07, 6.45) is -1.42. The lowest BCUT2D eigenvalue weighted by Crippen LogP contribution is -2.36. The normalized spacial score (nSPS) is 13.0. The minimum absolute atomic E-state index is 0.0658. The van der Waals surface area contributed by atoms with Crippen LogP contribution in [0.5, 0.6) is 0 Å². The monoisotopic (exact) mass is 344 g/mol. The summed E-state index contributed by atoms with van der Waals surface area (Å²) in [5, 5.41) is 0. The lowest BCUT2D eigenvalue weighted by molar-refractivity contribution is -0.284. The molecule has 138 valence electrons. The van der Waals surface area contributed by atoms with Crippen molar-refractivity contribution in [2.24, 2.45) is 5.92 Å². The van der Waals surface area contributed by atoms with Gasteiger partial charge in [-0.25, -0.2) is 0 Å². The first-order valence-electron chi connectivity index (χ1n) is 8.20. The molecule has 0 saturated carbocycles. The van der Waals surface area contributed by atoms with Crippen LogP contribution in [0, 0.1) is 5.92 Å². The molecule has 0 aliphatic rings. The molecule has 0 fully saturated rings. The first-order valence-corrected chi connectivity index (χ1v) is 8.20. The summed E-state index contributed by atoms with van der Waals surface area (Å²) in [4.78, 5) is 11.7. The Morgan fingerprint density at radius 2 is 1.61 bits per heavy atom. The molecule has 0 saturated heterocycles. The number of carbonyl (C=O) groups excluding carboxylic acids is 1. The summed E-state index contributed by atoms with van der Waals surface area (Å²) in [7, 11) is 0. The number of ketones is 1. The van der Waals surface area contributed by atoms with Crippen LogP contribution in [0.3, 0.4) is 0 Å². The number of halogens is 5. The van der Waals surface area contributed by atoms with E-state index in [2.05, 4.69) is 6.58 Å². The van der Waals surface area contributed by atoms with E-state index in [0.717, 1.165) is 25.7 Å². The van der Waals surface area contributed by atoms with Gasteiger partial charge in [-0.1, -0.05) is 33.3 Å². The molecule has 23 heavy (non-hydrogen) atoms. The Morgan fingerprint density at radius 1 is 1.04 bits per heavy atom. The van der Waals surface area contributed by atoms with Gasteiger partial charge in [-0.05, 0) is 32.1 Å². The molecule has 0 bridgehead atoms. The third-order valence-corrected chi connectivity index (χ3v) is 3.42. The molecule has 0 aromatic carbocycles. The molecule has 1 unspecified atom stereocenters. The molecule has 0 heterocycles. The summed E-state index contributed by atoms with van der Waals surface area (Å²) in [6.45, 7) is 9.17. The predicted octanol–water partition coefficient (Wildman–Crippen LogP) is 6.72. The molecule has 1 nitrogen and oxygen atoms in total. The minimum atomic E-state index is -5.51. The van der Waals surface area contributed by atoms with E-state index >= 15 is 0 Å². The number of allylic oxidation sites excluding steroid dienone is 1. The van der Waals surface area contributed by atoms with Gasteiger partial charge >= 0.3 is 12.1 Å². The molecule has 0 aliphatic heterocycles. The Kier molecular flexibility index (Phi) is 13.2. The standard InChI is InChI=1S/C15H23F5O.C2H6/c1-3-4-5-6-7-10-13(21)12(2)9-8-11-14(16,17)15(18,19)20;1-2/h3,12H,1,4-11H2,2H3;1-2H3. The van der Waals surface area contributed by atoms with Crippen LogP contribution in [-0.2, 0) is 4.79 Å². The maximum Gasteiger partial charge on any atom is 0.453 e. The Bertz CT molecular complexity index is 323. The first-order chi connectivity index (χ1) is 10.6. The molecule has 0 radical (unpaired) electrons. The highest BCUT2D eigenvalue weighted by Crippen LogP contribution is 2.39. The van der Waals surface area contributed by atoms with Gasteiger partial charge in [0.1, 0.15) is 5.78 Å². The zero-order valence-corrected chi connectivity index (χ0v) is 14.3. The highest BCUT2D eigenvalue weighted by molar-refractivity contribution is 5.80. The van der Waals surface area contributed by atoms with Crippen LogP contribution in [-0.4, -0.2) is 17.9 Å². The Hall–Kier alpha value is -0.940. The van der Waals surface area contributed by atoms with Crippen molar-refractivity contribution >= 4 is 5.78 Å². The van der Waals surface area contributed by atoms with E-state index in [0.29, 0.717) is 6.42 Å². The van der Waals surface area contributed by atoms with Crippen molar-refractivity contribution in [3.63, 3.8) is 0 Å². The van der Waals surface area contributed by atoms with E-state index in [1.54, 1.807) is 13.0 Å². The molecule has 0 aromatic rings. The highest BCUT2D eigenvalue weighted by atomic mass is 19.4. The lowest BCUT2D eigenvalue weighted by Gasteiger charge is -2.20. The van der Waals surface area contributed by atoms with Crippen molar-refractivity contribution in [1.82, 2.24) is 0 Å². The van der Waals surface area contributed by atoms with Gasteiger partial charge in [-0.3, -0.25) is 4.79 Å². The van der Waals surface area contributed by atoms with Gasteiger partial charge in [0.15, 0.2) is 0 Å². The fourth-order valence-electron chi connectivity index (χ4n) is 1.94. The highest BCUT2D eigenvalue weighted by Gasteiger charge is 2.56. The van der Waals surface area contributed by atoms with Crippen LogP contribution >= 0.6 is 0 Å². The number of alkyl halides is 5. The average Bonchev–Trinajstić information content (AvgIpc) is 2.47. The van der Waals surface area contributed by atoms with Crippen LogP contribution in [0.25, 0.3) is 0 Å². The predicted molar refractivity (Wildman–Crippen MR) is 83.7 cm³/mol. The molecule has 0 N–H and O–H groups in total. The third kappa shape index (κ3) is 11.3. The molecule has 0 aromatic heterocycles. The molecule has 0 spiro atoms. The molecule has 0 rings (SSSR count). The van der Waals surface area contributed by atoms with Crippen LogP contribution in [0.4, 0.5) is 22.0 Å². The Morgan fingerprint density at radius 3 is 2.09 bits per heavy atom. The van der Waals surface area contributed by atoms with Crippen LogP contribution in [0.15, 0.2) is 12.7 Å². The Labute approximate surface area is 136 Å². The number of unbranched alkanes of at least 4 members (excludes halogenated alkanes) is 3. The summed E-state index contributed by atoms with van der Waals surface area (Å²) in [5.74, 6) is -5.20. The first kappa shape index (κ1) is 24.3. The number of rotatable bonds is 11. The molecule has 6 heteroatoms. The number of carbonyl (C=O) groups is 1. The summed E-state index contributed by atoms with van der Waals surface area (Å²) in [6, 6.07) is 0. The second-order valence-electron chi connectivity index (χ2n) is 5.35. The van der Waals surface area contributed by atoms with Gasteiger partial charge in [-0.2, -0.15) is 22.0 Å². The van der Waals surface area contributed by atoms with Gasteiger partial charge in [-0.15, -0.1) is 6.58 Å². The largest absolute Gasteiger partial charge is 0.453 e. The number of hydrogen-bond donors (Lipinski definition) is 0. The van der Waals surface area contributed by atoms with Crippen LogP contribution in [0.2, 0.25) is 0 Å². The molecular weight excluding hydrogens is 315 g/mol. The molecule has 0 amide bonds. The van der Waals surface area contributed by atoms with Crippen LogP contribution in [0.1, 0.15) is 72.1 Å². The fraction of sp³-hybridized carbons (Fsp3) is 0.824. The second-order valence-corrected chi connectivity index (χ2v) is 5.35. The van der Waals surface area contributed by atoms with E-state index < -0.39 is 24.4 Å². The van der Waals surface area contributed by atoms with Crippen molar-refractivity contribution in [1.29, 1.82) is 0 Å². The minimum Gasteiger partial charge on any atom is -0.299 e. The van der Waals surface area contributed by atoms with Crippen molar-refractivity contribution in [2.75, 3.05) is 0 Å². The molecular formula is C17H29F5O. The molecule has 0 aliphatic carbocycles. The fourth-order valence-corrected chi connectivity index (χ4v) is 1.94. The van der Waals surface area contributed by atoms with Gasteiger partial charge in [0, 0.05) is 18.8 Å². The van der Waals surface area contributed by atoms with Gasteiger partial charge in [0.25, 0.3) is 0 Å². The molecule has 1 atom stereocenters. The summed E-state index contributed by atoms with van der Waals surface area (Å²) in [5.41, 5.74) is 0. The third-order valence-electron chi connectivity index (χ3n) is 3.42. The topological polar surface area (TPSA) is 17.1 Å².